The van der Waals surface area contributed by atoms with Crippen molar-refractivity contribution >= 4 is 17.5 Å². The van der Waals surface area contributed by atoms with Crippen molar-refractivity contribution in [2.24, 2.45) is 0 Å². The summed E-state index contributed by atoms with van der Waals surface area (Å²) in [6.45, 7) is 5.09. The fraction of sp³-hybridized carbons (Fsp3) is 0.500. The van der Waals surface area contributed by atoms with Crippen molar-refractivity contribution in [3.05, 3.63) is 29.8 Å². The van der Waals surface area contributed by atoms with Crippen LogP contribution in [0.25, 0.3) is 0 Å². The minimum atomic E-state index is -0.0867. The number of piperidine rings is 1. The van der Waals surface area contributed by atoms with Gasteiger partial charge in [-0.3, -0.25) is 14.5 Å². The Balaban J connectivity index is 2.31. The predicted octanol–water partition coefficient (Wildman–Crippen LogP) is 2.79. The third-order valence-electron chi connectivity index (χ3n) is 3.62. The second-order valence-electron chi connectivity index (χ2n) is 5.21. The monoisotopic (exact) mass is 274 g/mol. The fourth-order valence-electron chi connectivity index (χ4n) is 2.55. The first-order valence-corrected chi connectivity index (χ1v) is 7.33. The number of anilines is 1. The zero-order valence-electron chi connectivity index (χ0n) is 12.2. The highest BCUT2D eigenvalue weighted by Gasteiger charge is 2.29. The Labute approximate surface area is 120 Å². The molecule has 0 bridgehead atoms. The van der Waals surface area contributed by atoms with Crippen molar-refractivity contribution in [2.45, 2.75) is 45.6 Å². The Morgan fingerprint density at radius 3 is 2.50 bits per heavy atom. The summed E-state index contributed by atoms with van der Waals surface area (Å²) in [4.78, 5) is 25.5. The molecule has 108 valence electrons. The Kier molecular flexibility index (Phi) is 4.90. The molecule has 0 spiro atoms. The van der Waals surface area contributed by atoms with E-state index in [2.05, 4.69) is 19.2 Å². The van der Waals surface area contributed by atoms with Gasteiger partial charge in [-0.2, -0.15) is 0 Å². The molecular formula is C16H22N2O2. The molecule has 4 heteroatoms. The van der Waals surface area contributed by atoms with Crippen LogP contribution in [0.4, 0.5) is 5.69 Å². The van der Waals surface area contributed by atoms with E-state index < -0.39 is 0 Å². The molecule has 1 aliphatic rings. The lowest BCUT2D eigenvalue weighted by Gasteiger charge is -2.28. The largest absolute Gasteiger partial charge is 0.310 e. The van der Waals surface area contributed by atoms with E-state index in [-0.39, 0.29) is 17.9 Å². The molecule has 1 aromatic rings. The van der Waals surface area contributed by atoms with Crippen LogP contribution >= 0.6 is 0 Å². The highest BCUT2D eigenvalue weighted by molar-refractivity contribution is 6.16. The van der Waals surface area contributed by atoms with Crippen molar-refractivity contribution in [1.29, 1.82) is 0 Å². The maximum atomic E-state index is 12.1. The molecule has 0 aromatic heterocycles. The van der Waals surface area contributed by atoms with Crippen LogP contribution in [0.5, 0.6) is 0 Å². The van der Waals surface area contributed by atoms with Gasteiger partial charge in [0.05, 0.1) is 5.69 Å². The van der Waals surface area contributed by atoms with E-state index in [4.69, 9.17) is 0 Å². The molecule has 0 aliphatic carbocycles. The summed E-state index contributed by atoms with van der Waals surface area (Å²) in [6.07, 6.45) is 2.63. The van der Waals surface area contributed by atoms with Crippen LogP contribution in [0.15, 0.2) is 24.3 Å². The van der Waals surface area contributed by atoms with E-state index in [0.717, 1.165) is 24.2 Å². The Bertz CT molecular complexity index is 483. The molecule has 20 heavy (non-hydrogen) atoms. The lowest BCUT2D eigenvalue weighted by Crippen LogP contribution is -2.41. The number of nitrogens with one attached hydrogen (secondary N) is 1. The predicted molar refractivity (Wildman–Crippen MR) is 79.5 cm³/mol. The molecule has 0 radical (unpaired) electrons. The van der Waals surface area contributed by atoms with E-state index in [0.29, 0.717) is 19.3 Å². The molecule has 1 saturated heterocycles. The van der Waals surface area contributed by atoms with Crippen molar-refractivity contribution in [3.63, 3.8) is 0 Å². The zero-order chi connectivity index (χ0) is 14.5. The van der Waals surface area contributed by atoms with E-state index in [9.17, 15) is 9.59 Å². The third kappa shape index (κ3) is 3.07. The quantitative estimate of drug-likeness (QED) is 0.840. The molecule has 2 rings (SSSR count). The van der Waals surface area contributed by atoms with Gasteiger partial charge in [0.2, 0.25) is 11.8 Å². The van der Waals surface area contributed by atoms with Crippen LogP contribution in [-0.4, -0.2) is 18.4 Å². The summed E-state index contributed by atoms with van der Waals surface area (Å²) in [7, 11) is 0. The molecular weight excluding hydrogens is 252 g/mol. The first kappa shape index (κ1) is 14.7. The third-order valence-corrected chi connectivity index (χ3v) is 3.62. The second kappa shape index (κ2) is 6.66. The Hall–Kier alpha value is -1.68. The molecule has 1 atom stereocenters. The summed E-state index contributed by atoms with van der Waals surface area (Å²) < 4.78 is 0. The standard InChI is InChI=1S/C16H22N2O2/c1-3-11-17-12(2)13-7-4-5-8-14(13)18-15(19)9-6-10-16(18)20/h4-5,7-8,12,17H,3,6,9-11H2,1-2H3. The number of hydrogen-bond donors (Lipinski definition) is 1. The van der Waals surface area contributed by atoms with Crippen LogP contribution in [0, 0.1) is 0 Å². The first-order valence-electron chi connectivity index (χ1n) is 7.33. The Morgan fingerprint density at radius 1 is 1.20 bits per heavy atom. The van der Waals surface area contributed by atoms with Crippen LogP contribution in [-0.2, 0) is 9.59 Å². The van der Waals surface area contributed by atoms with Crippen LogP contribution < -0.4 is 10.2 Å². The summed E-state index contributed by atoms with van der Waals surface area (Å²) in [5.74, 6) is -0.173. The number of carbonyl (C=O) groups is 2. The summed E-state index contributed by atoms with van der Waals surface area (Å²) in [5, 5.41) is 3.41. The van der Waals surface area contributed by atoms with Crippen molar-refractivity contribution in [2.75, 3.05) is 11.4 Å². The van der Waals surface area contributed by atoms with Gasteiger partial charge in [-0.1, -0.05) is 25.1 Å². The van der Waals surface area contributed by atoms with Crippen LogP contribution in [0.3, 0.4) is 0 Å². The SMILES string of the molecule is CCCNC(C)c1ccccc1N1C(=O)CCCC1=O. The van der Waals surface area contributed by atoms with Crippen molar-refractivity contribution < 1.29 is 9.59 Å². The molecule has 1 N–H and O–H groups in total. The van der Waals surface area contributed by atoms with Gasteiger partial charge in [0.1, 0.15) is 0 Å². The number of carbonyl (C=O) groups excluding carboxylic acids is 2. The van der Waals surface area contributed by atoms with Crippen LogP contribution in [0.2, 0.25) is 0 Å². The van der Waals surface area contributed by atoms with Crippen molar-refractivity contribution in [3.8, 4) is 0 Å². The smallest absolute Gasteiger partial charge is 0.233 e. The number of hydrogen-bond acceptors (Lipinski definition) is 3. The molecule has 4 nitrogen and oxygen atoms in total. The average molecular weight is 274 g/mol. The van der Waals surface area contributed by atoms with Gasteiger partial charge < -0.3 is 5.32 Å². The van der Waals surface area contributed by atoms with E-state index >= 15 is 0 Å². The fourth-order valence-corrected chi connectivity index (χ4v) is 2.55. The lowest BCUT2D eigenvalue weighted by molar-refractivity contribution is -0.129. The van der Waals surface area contributed by atoms with E-state index in [1.165, 1.54) is 4.90 Å². The number of nitrogens with zero attached hydrogens (tertiary/aromatic N) is 1. The van der Waals surface area contributed by atoms with Gasteiger partial charge in [-0.25, -0.2) is 0 Å². The topological polar surface area (TPSA) is 49.4 Å². The number of imide groups is 1. The highest BCUT2D eigenvalue weighted by atomic mass is 16.2. The number of para-hydroxylation sites is 1. The molecule has 1 aromatic carbocycles. The second-order valence-corrected chi connectivity index (χ2v) is 5.21. The zero-order valence-corrected chi connectivity index (χ0v) is 12.2. The van der Waals surface area contributed by atoms with Crippen LogP contribution in [0.1, 0.15) is 51.1 Å². The molecule has 1 unspecified atom stereocenters. The minimum absolute atomic E-state index is 0.0867. The molecule has 1 fully saturated rings. The Morgan fingerprint density at radius 2 is 1.85 bits per heavy atom. The van der Waals surface area contributed by atoms with E-state index in [1.807, 2.05) is 24.3 Å². The number of benzene rings is 1. The lowest BCUT2D eigenvalue weighted by atomic mass is 10.0. The van der Waals surface area contributed by atoms with Gasteiger partial charge in [0.15, 0.2) is 0 Å². The summed E-state index contributed by atoms with van der Waals surface area (Å²) >= 11 is 0. The normalized spacial score (nSPS) is 17.4. The number of rotatable bonds is 5. The van der Waals surface area contributed by atoms with Gasteiger partial charge in [0.25, 0.3) is 0 Å². The minimum Gasteiger partial charge on any atom is -0.310 e. The molecule has 0 saturated carbocycles. The summed E-state index contributed by atoms with van der Waals surface area (Å²) in [5.41, 5.74) is 1.74. The summed E-state index contributed by atoms with van der Waals surface area (Å²) in [6, 6.07) is 7.79. The van der Waals surface area contributed by atoms with E-state index in [1.54, 1.807) is 0 Å². The van der Waals surface area contributed by atoms with Crippen molar-refractivity contribution in [1.82, 2.24) is 5.32 Å². The molecule has 1 aliphatic heterocycles. The molecule has 1 heterocycles. The maximum Gasteiger partial charge on any atom is 0.233 e. The van der Waals surface area contributed by atoms with Gasteiger partial charge in [-0.15, -0.1) is 0 Å². The van der Waals surface area contributed by atoms with Gasteiger partial charge in [0, 0.05) is 18.9 Å². The molecule has 2 amide bonds. The average Bonchev–Trinajstić information content (AvgIpc) is 2.45. The maximum absolute atomic E-state index is 12.1. The first-order chi connectivity index (χ1) is 9.65. The van der Waals surface area contributed by atoms with Gasteiger partial charge >= 0.3 is 0 Å². The number of amides is 2. The van der Waals surface area contributed by atoms with Gasteiger partial charge in [-0.05, 0) is 37.9 Å². The highest BCUT2D eigenvalue weighted by Crippen LogP contribution is 2.29.